The topological polar surface area (TPSA) is 91.3 Å². The van der Waals surface area contributed by atoms with E-state index in [1.165, 1.54) is 128 Å². The molecule has 0 rings (SSSR count). The first-order valence-corrected chi connectivity index (χ1v) is 26.4. The molecule has 60 heavy (non-hydrogen) atoms. The minimum atomic E-state index is -4.28. The van der Waals surface area contributed by atoms with Gasteiger partial charge in [0.2, 0.25) is 0 Å². The van der Waals surface area contributed by atoms with Crippen LogP contribution in [0.2, 0.25) is 0 Å². The summed E-state index contributed by atoms with van der Waals surface area (Å²) in [7, 11) is 1.66. The number of hydrogen-bond acceptors (Lipinski definition) is 6. The van der Waals surface area contributed by atoms with Crippen LogP contribution < -0.4 is 0 Å². The maximum Gasteiger partial charge on any atom is 0.472 e. The number of allylic oxidation sites excluding steroid dienone is 8. The van der Waals surface area contributed by atoms with Crippen molar-refractivity contribution >= 4 is 13.8 Å². The van der Waals surface area contributed by atoms with Crippen LogP contribution in [0.15, 0.2) is 48.6 Å². The molecule has 8 nitrogen and oxygen atoms in total. The highest BCUT2D eigenvalue weighted by Gasteiger charge is 2.26. The molecule has 0 aliphatic heterocycles. The minimum absolute atomic E-state index is 0.0846. The number of unbranched alkanes of at least 4 members (excludes halogenated alkanes) is 24. The Morgan fingerprint density at radius 1 is 0.517 bits per heavy atom. The van der Waals surface area contributed by atoms with Crippen LogP contribution in [-0.4, -0.2) is 75.6 Å². The highest BCUT2D eigenvalue weighted by Crippen LogP contribution is 2.43. The summed E-state index contributed by atoms with van der Waals surface area (Å²) in [5, 5.41) is 0. The van der Waals surface area contributed by atoms with E-state index in [9.17, 15) is 14.3 Å². The van der Waals surface area contributed by atoms with Crippen LogP contribution in [-0.2, 0) is 27.9 Å². The minimum Gasteiger partial charge on any atom is -0.457 e. The van der Waals surface area contributed by atoms with Crippen LogP contribution in [0.5, 0.6) is 0 Å². The molecule has 0 amide bonds. The maximum atomic E-state index is 12.7. The van der Waals surface area contributed by atoms with Crippen molar-refractivity contribution < 1.29 is 37.3 Å². The summed E-state index contributed by atoms with van der Waals surface area (Å²) in [5.41, 5.74) is 0. The van der Waals surface area contributed by atoms with E-state index < -0.39 is 13.9 Å². The lowest BCUT2D eigenvalue weighted by Gasteiger charge is -2.24. The largest absolute Gasteiger partial charge is 0.472 e. The van der Waals surface area contributed by atoms with Gasteiger partial charge in [0.1, 0.15) is 19.3 Å². The van der Waals surface area contributed by atoms with Gasteiger partial charge in [-0.05, 0) is 70.6 Å². The van der Waals surface area contributed by atoms with Gasteiger partial charge in [0.05, 0.1) is 34.4 Å². The fourth-order valence-electron chi connectivity index (χ4n) is 6.72. The molecule has 0 spiro atoms. The van der Waals surface area contributed by atoms with E-state index in [4.69, 9.17) is 18.5 Å². The van der Waals surface area contributed by atoms with E-state index in [-0.39, 0.29) is 25.8 Å². The second kappa shape index (κ2) is 44.1. The van der Waals surface area contributed by atoms with Gasteiger partial charge in [0, 0.05) is 13.0 Å². The number of rotatable bonds is 46. The van der Waals surface area contributed by atoms with E-state index in [0.29, 0.717) is 24.1 Å². The zero-order chi connectivity index (χ0) is 44.1. The molecule has 0 aliphatic carbocycles. The Kier molecular flexibility index (Phi) is 43.0. The number of phosphoric acid groups is 1. The first-order chi connectivity index (χ1) is 29.1. The number of phosphoric ester groups is 1. The molecule has 0 bridgehead atoms. The molecule has 0 aliphatic rings. The standard InChI is InChI=1S/C51H96NO7P/c1-6-8-10-12-14-16-18-20-22-23-24-25-26-27-28-29-30-31-33-35-37-39-41-43-46-56-48-50(49-58-60(54,55)57-47-45-52(3,4)5)59-51(53)44-42-40-38-36-34-32-21-19-17-15-13-11-9-7-2/h13,15,18-21,23-24,50H,6-12,14,16-17,22,25-49H2,1-5H3/p+1/b15-13-,20-18-,21-19-,24-23-. The SMILES string of the molecule is CCCC/C=C\C/C=C\CCCCCCCC(=O)OC(COCCCCCCCCCCCCCC/C=C\C/C=C\CCCCCCC)COP(=O)(O)OCC[N+](C)(C)C. The molecule has 2 unspecified atom stereocenters. The number of carbonyl (C=O) groups excluding carboxylic acids is 1. The number of ether oxygens (including phenoxy) is 2. The summed E-state index contributed by atoms with van der Waals surface area (Å²) in [4.78, 5) is 22.9. The normalized spacial score (nSPS) is 14.0. The smallest absolute Gasteiger partial charge is 0.457 e. The number of nitrogens with zero attached hydrogens (tertiary/aromatic N) is 1. The summed E-state index contributed by atoms with van der Waals surface area (Å²) in [6.07, 6.45) is 54.4. The molecule has 9 heteroatoms. The number of quaternary nitrogens is 1. The third-order valence-corrected chi connectivity index (χ3v) is 11.6. The van der Waals surface area contributed by atoms with Gasteiger partial charge in [-0.2, -0.15) is 0 Å². The van der Waals surface area contributed by atoms with Gasteiger partial charge in [-0.3, -0.25) is 13.8 Å². The molecular formula is C51H97NO7P+. The zero-order valence-corrected chi connectivity index (χ0v) is 40.8. The molecule has 2 atom stereocenters. The first-order valence-electron chi connectivity index (χ1n) is 24.9. The van der Waals surface area contributed by atoms with E-state index in [1.54, 1.807) is 0 Å². The Bertz CT molecular complexity index is 1100. The predicted octanol–water partition coefficient (Wildman–Crippen LogP) is 15.1. The first kappa shape index (κ1) is 58.5. The molecule has 0 aromatic heterocycles. The van der Waals surface area contributed by atoms with Crippen LogP contribution in [0.25, 0.3) is 0 Å². The van der Waals surface area contributed by atoms with Crippen molar-refractivity contribution in [3.63, 3.8) is 0 Å². The van der Waals surface area contributed by atoms with Gasteiger partial charge >= 0.3 is 13.8 Å². The van der Waals surface area contributed by atoms with Gasteiger partial charge in [-0.1, -0.05) is 184 Å². The summed E-state index contributed by atoms with van der Waals surface area (Å²) >= 11 is 0. The predicted molar refractivity (Wildman–Crippen MR) is 256 cm³/mol. The second-order valence-electron chi connectivity index (χ2n) is 17.8. The molecule has 0 aromatic rings. The van der Waals surface area contributed by atoms with Crippen LogP contribution in [0.3, 0.4) is 0 Å². The van der Waals surface area contributed by atoms with Crippen molar-refractivity contribution in [1.82, 2.24) is 0 Å². The lowest BCUT2D eigenvalue weighted by atomic mass is 10.0. The van der Waals surface area contributed by atoms with E-state index in [1.807, 2.05) is 21.1 Å². The second-order valence-corrected chi connectivity index (χ2v) is 19.3. The van der Waals surface area contributed by atoms with Gasteiger partial charge in [0.15, 0.2) is 0 Å². The number of hydrogen-bond donors (Lipinski definition) is 1. The quantitative estimate of drug-likeness (QED) is 0.0214. The summed E-state index contributed by atoms with van der Waals surface area (Å²) in [6.45, 7) is 5.56. The molecule has 0 fully saturated rings. The van der Waals surface area contributed by atoms with Crippen molar-refractivity contribution in [3.05, 3.63) is 48.6 Å². The van der Waals surface area contributed by atoms with Crippen LogP contribution in [0.4, 0.5) is 0 Å². The van der Waals surface area contributed by atoms with Crippen LogP contribution >= 0.6 is 7.82 Å². The molecule has 0 aromatic carbocycles. The fraction of sp³-hybridized carbons (Fsp3) is 0.824. The molecule has 0 heterocycles. The van der Waals surface area contributed by atoms with E-state index >= 15 is 0 Å². The highest BCUT2D eigenvalue weighted by molar-refractivity contribution is 7.47. The summed E-state index contributed by atoms with van der Waals surface area (Å²) in [6, 6.07) is 0. The number of carbonyl (C=O) groups is 1. The third kappa shape index (κ3) is 47.5. The third-order valence-electron chi connectivity index (χ3n) is 10.6. The lowest BCUT2D eigenvalue weighted by molar-refractivity contribution is -0.870. The molecular weight excluding hydrogens is 770 g/mol. The van der Waals surface area contributed by atoms with Crippen molar-refractivity contribution in [2.75, 3.05) is 54.1 Å². The van der Waals surface area contributed by atoms with Gasteiger partial charge in [-0.25, -0.2) is 4.57 Å². The Labute approximate surface area is 371 Å². The van der Waals surface area contributed by atoms with Crippen molar-refractivity contribution in [2.45, 2.75) is 219 Å². The average Bonchev–Trinajstić information content (AvgIpc) is 3.20. The van der Waals surface area contributed by atoms with E-state index in [0.717, 1.165) is 64.2 Å². The molecule has 0 radical (unpaired) electrons. The van der Waals surface area contributed by atoms with Crippen LogP contribution in [0.1, 0.15) is 213 Å². The monoisotopic (exact) mass is 867 g/mol. The lowest BCUT2D eigenvalue weighted by Crippen LogP contribution is -2.37. The Morgan fingerprint density at radius 3 is 1.40 bits per heavy atom. The molecule has 1 N–H and O–H groups in total. The summed E-state index contributed by atoms with van der Waals surface area (Å²) in [5.74, 6) is -0.328. The van der Waals surface area contributed by atoms with Crippen molar-refractivity contribution in [1.29, 1.82) is 0 Å². The van der Waals surface area contributed by atoms with Gasteiger partial charge in [0.25, 0.3) is 0 Å². The molecule has 0 saturated heterocycles. The molecule has 0 saturated carbocycles. The van der Waals surface area contributed by atoms with E-state index in [2.05, 4.69) is 62.5 Å². The Hall–Kier alpha value is -1.54. The van der Waals surface area contributed by atoms with Gasteiger partial charge < -0.3 is 18.9 Å². The summed E-state index contributed by atoms with van der Waals surface area (Å²) < 4.78 is 35.1. The Balaban J connectivity index is 4.11. The Morgan fingerprint density at radius 2 is 0.933 bits per heavy atom. The molecule has 352 valence electrons. The maximum absolute atomic E-state index is 12.7. The highest BCUT2D eigenvalue weighted by atomic mass is 31.2. The van der Waals surface area contributed by atoms with Crippen LogP contribution in [0, 0.1) is 0 Å². The zero-order valence-electron chi connectivity index (χ0n) is 39.9. The van der Waals surface area contributed by atoms with Crippen molar-refractivity contribution in [2.24, 2.45) is 0 Å². The number of esters is 1. The fourth-order valence-corrected chi connectivity index (χ4v) is 7.46. The average molecular weight is 867 g/mol. The van der Waals surface area contributed by atoms with Crippen molar-refractivity contribution in [3.8, 4) is 0 Å². The number of likely N-dealkylation sites (N-methyl/N-ethyl adjacent to an activating group) is 1. The van der Waals surface area contributed by atoms with Gasteiger partial charge in [-0.15, -0.1) is 0 Å².